The number of halogens is 2. The van der Waals surface area contributed by atoms with Crippen molar-refractivity contribution in [3.63, 3.8) is 0 Å². The highest BCUT2D eigenvalue weighted by molar-refractivity contribution is 6.36. The first-order valence-corrected chi connectivity index (χ1v) is 10.5. The SMILES string of the molecule is Cc1nc(NC(=O)COC(=O)c2ccc3[nH]c4c(c3c2)CC(C)CC4)c(Cl)cc1Cl. The molecule has 2 aromatic heterocycles. The van der Waals surface area contributed by atoms with Crippen LogP contribution >= 0.6 is 23.2 Å². The zero-order valence-corrected chi connectivity index (χ0v) is 18.2. The maximum Gasteiger partial charge on any atom is 0.338 e. The Balaban J connectivity index is 1.44. The number of hydrogen-bond acceptors (Lipinski definition) is 4. The van der Waals surface area contributed by atoms with Gasteiger partial charge in [-0.1, -0.05) is 30.1 Å². The topological polar surface area (TPSA) is 84.1 Å². The Morgan fingerprint density at radius 3 is 2.87 bits per heavy atom. The van der Waals surface area contributed by atoms with Gasteiger partial charge in [-0.3, -0.25) is 4.79 Å². The number of ether oxygens (including phenoxy) is 1. The van der Waals surface area contributed by atoms with E-state index >= 15 is 0 Å². The van der Waals surface area contributed by atoms with Gasteiger partial charge in [-0.15, -0.1) is 0 Å². The highest BCUT2D eigenvalue weighted by Crippen LogP contribution is 2.32. The molecule has 2 N–H and O–H groups in total. The van der Waals surface area contributed by atoms with Crippen LogP contribution in [-0.4, -0.2) is 28.5 Å². The van der Waals surface area contributed by atoms with Crippen LogP contribution in [0, 0.1) is 12.8 Å². The third-order valence-corrected chi connectivity index (χ3v) is 6.04. The minimum atomic E-state index is -0.558. The van der Waals surface area contributed by atoms with Gasteiger partial charge in [-0.2, -0.15) is 0 Å². The molecule has 1 aliphatic carbocycles. The zero-order valence-electron chi connectivity index (χ0n) is 16.6. The van der Waals surface area contributed by atoms with Crippen molar-refractivity contribution in [2.75, 3.05) is 11.9 Å². The Kier molecular flexibility index (Phi) is 5.71. The number of carbonyl (C=O) groups excluding carboxylic acids is 2. The van der Waals surface area contributed by atoms with E-state index in [0.717, 1.165) is 30.2 Å². The van der Waals surface area contributed by atoms with E-state index in [9.17, 15) is 9.59 Å². The molecule has 1 aliphatic rings. The van der Waals surface area contributed by atoms with Crippen molar-refractivity contribution in [1.29, 1.82) is 0 Å². The second-order valence-corrected chi connectivity index (χ2v) is 8.52. The van der Waals surface area contributed by atoms with Crippen molar-refractivity contribution in [3.05, 3.63) is 56.8 Å². The maximum absolute atomic E-state index is 12.5. The third-order valence-electron chi connectivity index (χ3n) is 5.37. The lowest BCUT2D eigenvalue weighted by Crippen LogP contribution is -2.21. The predicted octanol–water partition coefficient (Wildman–Crippen LogP) is 5.10. The van der Waals surface area contributed by atoms with Crippen LogP contribution < -0.4 is 5.32 Å². The minimum Gasteiger partial charge on any atom is -0.452 e. The monoisotopic (exact) mass is 445 g/mol. The lowest BCUT2D eigenvalue weighted by molar-refractivity contribution is -0.119. The van der Waals surface area contributed by atoms with E-state index in [1.165, 1.54) is 17.3 Å². The highest BCUT2D eigenvalue weighted by atomic mass is 35.5. The maximum atomic E-state index is 12.5. The van der Waals surface area contributed by atoms with E-state index in [4.69, 9.17) is 27.9 Å². The molecule has 3 aromatic rings. The number of aromatic amines is 1. The Morgan fingerprint density at radius 2 is 2.07 bits per heavy atom. The number of carbonyl (C=O) groups is 2. The number of esters is 1. The number of rotatable bonds is 4. The molecular weight excluding hydrogens is 425 g/mol. The van der Waals surface area contributed by atoms with Crippen molar-refractivity contribution in [1.82, 2.24) is 9.97 Å². The first-order valence-electron chi connectivity index (χ1n) is 9.75. The lowest BCUT2D eigenvalue weighted by Gasteiger charge is -2.18. The average molecular weight is 446 g/mol. The number of aromatic nitrogens is 2. The molecular formula is C22H21Cl2N3O3. The summed E-state index contributed by atoms with van der Waals surface area (Å²) >= 11 is 12.0. The lowest BCUT2D eigenvalue weighted by atomic mass is 9.87. The van der Waals surface area contributed by atoms with E-state index in [1.807, 2.05) is 12.1 Å². The number of nitrogens with zero attached hydrogens (tertiary/aromatic N) is 1. The number of fused-ring (bicyclic) bond motifs is 3. The van der Waals surface area contributed by atoms with Crippen molar-refractivity contribution in [2.45, 2.75) is 33.1 Å². The number of aryl methyl sites for hydroxylation is 2. The molecule has 1 amide bonds. The fourth-order valence-electron chi connectivity index (χ4n) is 3.75. The van der Waals surface area contributed by atoms with Crippen molar-refractivity contribution in [3.8, 4) is 0 Å². The molecule has 0 saturated carbocycles. The number of H-pyrrole nitrogens is 1. The molecule has 0 saturated heterocycles. The molecule has 4 rings (SSSR count). The highest BCUT2D eigenvalue weighted by Gasteiger charge is 2.21. The summed E-state index contributed by atoms with van der Waals surface area (Å²) in [6.07, 6.45) is 3.17. The van der Waals surface area contributed by atoms with Gasteiger partial charge in [-0.05, 0) is 61.9 Å². The van der Waals surface area contributed by atoms with Crippen LogP contribution in [0.5, 0.6) is 0 Å². The van der Waals surface area contributed by atoms with Gasteiger partial charge < -0.3 is 15.0 Å². The standard InChI is InChI=1S/C22H21Cl2N3O3/c1-11-3-5-18-14(7-11)15-8-13(4-6-19(15)26-18)22(29)30-10-20(28)27-21-17(24)9-16(23)12(2)25-21/h4,6,8-9,11,26H,3,5,7,10H2,1-2H3,(H,25,27,28). The number of anilines is 1. The molecule has 1 aromatic carbocycles. The molecule has 0 radical (unpaired) electrons. The van der Waals surface area contributed by atoms with Gasteiger partial charge in [0, 0.05) is 16.6 Å². The largest absolute Gasteiger partial charge is 0.452 e. The van der Waals surface area contributed by atoms with Crippen molar-refractivity contribution in [2.24, 2.45) is 5.92 Å². The Hall–Kier alpha value is -2.57. The second kappa shape index (κ2) is 8.28. The van der Waals surface area contributed by atoms with Crippen molar-refractivity contribution < 1.29 is 14.3 Å². The summed E-state index contributed by atoms with van der Waals surface area (Å²) in [5.74, 6) is -0.299. The van der Waals surface area contributed by atoms with E-state index in [2.05, 4.69) is 22.2 Å². The van der Waals surface area contributed by atoms with Gasteiger partial charge in [0.15, 0.2) is 12.4 Å². The smallest absolute Gasteiger partial charge is 0.338 e. The number of pyridine rings is 1. The van der Waals surface area contributed by atoms with Crippen LogP contribution in [0.15, 0.2) is 24.3 Å². The van der Waals surface area contributed by atoms with E-state index in [0.29, 0.717) is 22.2 Å². The molecule has 6 nitrogen and oxygen atoms in total. The van der Waals surface area contributed by atoms with Crippen molar-refractivity contribution >= 4 is 51.8 Å². The van der Waals surface area contributed by atoms with Gasteiger partial charge >= 0.3 is 5.97 Å². The summed E-state index contributed by atoms with van der Waals surface area (Å²) < 4.78 is 5.19. The number of hydrogen-bond donors (Lipinski definition) is 2. The van der Waals surface area contributed by atoms with Gasteiger partial charge in [0.05, 0.1) is 21.3 Å². The summed E-state index contributed by atoms with van der Waals surface area (Å²) in [7, 11) is 0. The summed E-state index contributed by atoms with van der Waals surface area (Å²) in [5, 5.41) is 4.19. The second-order valence-electron chi connectivity index (χ2n) is 7.70. The number of nitrogens with one attached hydrogen (secondary N) is 2. The number of amides is 1. The molecule has 2 heterocycles. The average Bonchev–Trinajstić information content (AvgIpc) is 3.07. The van der Waals surface area contributed by atoms with Crippen LogP contribution in [-0.2, 0) is 22.4 Å². The van der Waals surface area contributed by atoms with Gasteiger partial charge in [0.25, 0.3) is 5.91 Å². The molecule has 156 valence electrons. The Bertz CT molecular complexity index is 1160. The van der Waals surface area contributed by atoms with Crippen LogP contribution in [0.2, 0.25) is 10.0 Å². The molecule has 0 aliphatic heterocycles. The van der Waals surface area contributed by atoms with Crippen LogP contribution in [0.4, 0.5) is 5.82 Å². The van der Waals surface area contributed by atoms with E-state index < -0.39 is 18.5 Å². The van der Waals surface area contributed by atoms with Gasteiger partial charge in [-0.25, -0.2) is 9.78 Å². The summed E-state index contributed by atoms with van der Waals surface area (Å²) in [6.45, 7) is 3.49. The molecule has 1 atom stereocenters. The Morgan fingerprint density at radius 1 is 1.27 bits per heavy atom. The number of benzene rings is 1. The van der Waals surface area contributed by atoms with Crippen LogP contribution in [0.25, 0.3) is 10.9 Å². The fourth-order valence-corrected chi connectivity index (χ4v) is 4.15. The summed E-state index contributed by atoms with van der Waals surface area (Å²) in [6, 6.07) is 6.93. The Labute approximate surface area is 183 Å². The minimum absolute atomic E-state index is 0.175. The first-order chi connectivity index (χ1) is 14.3. The quantitative estimate of drug-likeness (QED) is 0.547. The summed E-state index contributed by atoms with van der Waals surface area (Å²) in [4.78, 5) is 32.2. The van der Waals surface area contributed by atoms with E-state index in [-0.39, 0.29) is 10.8 Å². The zero-order chi connectivity index (χ0) is 21.4. The normalized spacial score (nSPS) is 15.7. The molecule has 0 fully saturated rings. The van der Waals surface area contributed by atoms with Crippen LogP contribution in [0.3, 0.4) is 0 Å². The fraction of sp³-hybridized carbons (Fsp3) is 0.318. The third kappa shape index (κ3) is 4.16. The molecule has 0 bridgehead atoms. The molecule has 0 spiro atoms. The predicted molar refractivity (Wildman–Crippen MR) is 117 cm³/mol. The molecule has 30 heavy (non-hydrogen) atoms. The van der Waals surface area contributed by atoms with E-state index in [1.54, 1.807) is 13.0 Å². The van der Waals surface area contributed by atoms with Gasteiger partial charge in [0.1, 0.15) is 0 Å². The molecule has 1 unspecified atom stereocenters. The first kappa shape index (κ1) is 20.7. The van der Waals surface area contributed by atoms with Crippen LogP contribution in [0.1, 0.15) is 40.7 Å². The van der Waals surface area contributed by atoms with Gasteiger partial charge in [0.2, 0.25) is 0 Å². The molecule has 8 heteroatoms. The summed E-state index contributed by atoms with van der Waals surface area (Å²) in [5.41, 5.74) is 4.48.